The Morgan fingerprint density at radius 2 is 0.845 bits per heavy atom. The van der Waals surface area contributed by atoms with Gasteiger partial charge in [0.2, 0.25) is 29.5 Å². The van der Waals surface area contributed by atoms with E-state index in [0.717, 1.165) is 21.6 Å². The second-order valence-electron chi connectivity index (χ2n) is 16.6. The van der Waals surface area contributed by atoms with Crippen molar-refractivity contribution in [3.63, 3.8) is 0 Å². The minimum absolute atomic E-state index is 0.00524. The molecule has 0 aromatic carbocycles. The number of primary amides is 1. The average molecular weight is 1050 g/mol. The summed E-state index contributed by atoms with van der Waals surface area (Å²) in [5.41, 5.74) is 54.7. The zero-order valence-corrected chi connectivity index (χ0v) is 42.3. The molecule has 71 heavy (non-hydrogen) atoms. The lowest BCUT2D eigenvalue weighted by Crippen LogP contribution is -2.52. The number of aliphatic carboxylic acids is 1. The van der Waals surface area contributed by atoms with Crippen LogP contribution in [0.25, 0.3) is 0 Å². The number of nitrogens with one attached hydrogen (secondary N) is 4. The van der Waals surface area contributed by atoms with Gasteiger partial charge in [-0.05, 0) is 65.2 Å². The van der Waals surface area contributed by atoms with Gasteiger partial charge >= 0.3 is 5.97 Å². The van der Waals surface area contributed by atoms with E-state index in [9.17, 15) is 43.2 Å². The van der Waals surface area contributed by atoms with E-state index in [4.69, 9.17) is 62.4 Å². The molecule has 0 aromatic heterocycles. The van der Waals surface area contributed by atoms with Crippen LogP contribution in [0.5, 0.6) is 0 Å². The highest BCUT2D eigenvalue weighted by Gasteiger charge is 2.33. The average Bonchev–Trinajstić information content (AvgIpc) is 3.27. The van der Waals surface area contributed by atoms with Crippen molar-refractivity contribution in [2.24, 2.45) is 95.1 Å². The Morgan fingerprint density at radius 1 is 0.479 bits per heavy atom. The van der Waals surface area contributed by atoms with Crippen LogP contribution in [-0.4, -0.2) is 150 Å². The van der Waals surface area contributed by atoms with Gasteiger partial charge in [-0.2, -0.15) is 0 Å². The van der Waals surface area contributed by atoms with E-state index in [0.29, 0.717) is 6.42 Å². The zero-order valence-electron chi connectivity index (χ0n) is 40.6. The van der Waals surface area contributed by atoms with E-state index < -0.39 is 114 Å². The van der Waals surface area contributed by atoms with E-state index in [2.05, 4.69) is 41.2 Å². The molecular weight excluding hydrogens is 969 g/mol. The largest absolute Gasteiger partial charge is 0.480 e. The van der Waals surface area contributed by atoms with Gasteiger partial charge in [0.15, 0.2) is 41.2 Å². The lowest BCUT2D eigenvalue weighted by Gasteiger charge is -2.25. The third-order valence-electron chi connectivity index (χ3n) is 10.4. The first-order valence-electron chi connectivity index (χ1n) is 22.7. The first-order valence-corrected chi connectivity index (χ1v) is 25.2. The van der Waals surface area contributed by atoms with Crippen LogP contribution in [0.3, 0.4) is 0 Å². The first kappa shape index (κ1) is 64.6. The Morgan fingerprint density at radius 3 is 1.25 bits per heavy atom. The smallest absolute Gasteiger partial charge is 0.321 e. The minimum atomic E-state index is -1.25. The van der Waals surface area contributed by atoms with Gasteiger partial charge in [0.1, 0.15) is 12.1 Å². The second-order valence-corrected chi connectivity index (χ2v) is 19.1. The highest BCUT2D eigenvalue weighted by Crippen LogP contribution is 2.23. The predicted molar refractivity (Wildman–Crippen MR) is 273 cm³/mol. The number of hydrogen-bond acceptors (Lipinski definition) is 16. The number of Topliss-reactive ketones (excluding diaryl/α,β-unsaturated/α-hetero) is 3. The first-order chi connectivity index (χ1) is 33.2. The normalized spacial score (nSPS) is 14.2. The van der Waals surface area contributed by atoms with Crippen LogP contribution in [0.2, 0.25) is 0 Å². The molecule has 0 fully saturated rings. The Bertz CT molecular complexity index is 1910. The van der Waals surface area contributed by atoms with E-state index in [1.807, 2.05) is 0 Å². The summed E-state index contributed by atoms with van der Waals surface area (Å²) in [6.45, 7) is 4.45. The van der Waals surface area contributed by atoms with E-state index in [-0.39, 0.29) is 113 Å². The van der Waals surface area contributed by atoms with Crippen molar-refractivity contribution in [1.29, 1.82) is 0 Å². The number of carboxylic acid groups (broad SMARTS) is 1. The minimum Gasteiger partial charge on any atom is -0.480 e. The summed E-state index contributed by atoms with van der Waals surface area (Å²) in [4.78, 5) is 133. The number of nitrogens with zero attached hydrogens (tertiary/aromatic N) is 4. The summed E-state index contributed by atoms with van der Waals surface area (Å²) in [5, 5.41) is 19.5. The van der Waals surface area contributed by atoms with Gasteiger partial charge in [-0.25, -0.2) is 0 Å². The molecule has 0 rings (SSSR count). The van der Waals surface area contributed by atoms with Crippen LogP contribution in [0.1, 0.15) is 91.4 Å². The number of amides is 5. The molecule has 0 saturated heterocycles. The molecule has 0 spiro atoms. The molecule has 5 amide bonds. The molecule has 0 saturated carbocycles. The molecule has 0 heterocycles. The molecule has 0 radical (unpaired) electrons. The van der Waals surface area contributed by atoms with Gasteiger partial charge in [0.05, 0.1) is 18.1 Å². The fraction of sp³-hybridized carbons (Fsp3) is 0.683. The van der Waals surface area contributed by atoms with Crippen molar-refractivity contribution in [3.05, 3.63) is 0 Å². The number of ketones is 3. The molecule has 25 N–H and O–H groups in total. The zero-order chi connectivity index (χ0) is 54.2. The number of hydrogen-bond donors (Lipinski definition) is 15. The fourth-order valence-corrected chi connectivity index (χ4v) is 8.79. The van der Waals surface area contributed by atoms with E-state index in [1.165, 1.54) is 20.8 Å². The quantitative estimate of drug-likeness (QED) is 0.0119. The second kappa shape index (κ2) is 35.6. The predicted octanol–water partition coefficient (Wildman–Crippen LogP) is -4.80. The maximum Gasteiger partial charge on any atom is 0.321 e. The summed E-state index contributed by atoms with van der Waals surface area (Å²) in [6.07, 6.45) is 0.111. The Balaban J connectivity index is 6.54. The topological polar surface area (TPSA) is 532 Å². The monoisotopic (exact) mass is 1040 g/mol. The molecular formula is C41H76N18O10S2. The van der Waals surface area contributed by atoms with E-state index >= 15 is 0 Å². The van der Waals surface area contributed by atoms with Gasteiger partial charge in [-0.15, -0.1) is 0 Å². The lowest BCUT2D eigenvalue weighted by atomic mass is 9.89. The van der Waals surface area contributed by atoms with Crippen LogP contribution in [0.15, 0.2) is 20.0 Å². The number of carbonyl (C=O) groups is 9. The van der Waals surface area contributed by atoms with Gasteiger partial charge in [-0.3, -0.25) is 63.1 Å². The summed E-state index contributed by atoms with van der Waals surface area (Å²) < 4.78 is 0. The molecule has 0 bridgehead atoms. The molecule has 0 unspecified atom stereocenters. The number of rotatable bonds is 39. The Kier molecular flexibility index (Phi) is 32.4. The number of aliphatic imine (C=N–C) groups is 4. The van der Waals surface area contributed by atoms with Crippen molar-refractivity contribution in [2.75, 3.05) is 37.7 Å². The van der Waals surface area contributed by atoms with Crippen LogP contribution in [0.4, 0.5) is 0 Å². The standard InChI is InChI=1S/C41H76N18O10S2/c1-21(30(61)16-24(33(43)64)8-4-12-52-38(44)45)56-34(65)26(10-6-14-54-40(48)49)18-32(63)28(11-7-15-55-41(50)51)59-35(66)25(9-5-13-53-39(46)47)17-31(62)22(2)57-36(67)29(58-23(3)60)20-71-70-19-27(42)37(68)69/h21-22,24-29H,4-20,42H2,1-3H3,(H2,43,64)(H,56,65)(H,57,67)(H,58,60)(H,59,66)(H,68,69)(H4,44,45,52)(H4,46,47,53)(H4,48,49,54)(H4,50,51,55)/t21-,22-,24+,25+,26+,27+,28-,29-/m1/s1. The molecule has 0 aromatic rings. The third kappa shape index (κ3) is 30.7. The maximum absolute atomic E-state index is 14.3. The summed E-state index contributed by atoms with van der Waals surface area (Å²) in [7, 11) is 2.17. The summed E-state index contributed by atoms with van der Waals surface area (Å²) in [6, 6.07) is -5.81. The van der Waals surface area contributed by atoms with Crippen molar-refractivity contribution >= 4 is 98.3 Å². The van der Waals surface area contributed by atoms with Crippen molar-refractivity contribution in [3.8, 4) is 0 Å². The third-order valence-corrected chi connectivity index (χ3v) is 12.9. The van der Waals surface area contributed by atoms with Crippen LogP contribution < -0.4 is 78.6 Å². The van der Waals surface area contributed by atoms with Crippen molar-refractivity contribution in [2.45, 2.75) is 122 Å². The molecule has 8 atom stereocenters. The van der Waals surface area contributed by atoms with Crippen LogP contribution in [-0.2, 0) is 43.2 Å². The van der Waals surface area contributed by atoms with Crippen LogP contribution in [0, 0.1) is 17.8 Å². The molecule has 0 aliphatic heterocycles. The molecule has 30 heteroatoms. The Hall–Kier alpha value is -6.43. The summed E-state index contributed by atoms with van der Waals surface area (Å²) >= 11 is 0. The van der Waals surface area contributed by atoms with Crippen LogP contribution >= 0.6 is 21.6 Å². The molecule has 0 aliphatic carbocycles. The van der Waals surface area contributed by atoms with Gasteiger partial charge in [0.25, 0.3) is 0 Å². The van der Waals surface area contributed by atoms with Gasteiger partial charge in [0, 0.05) is 81.6 Å². The number of carbonyl (C=O) groups excluding carboxylic acids is 8. The fourth-order valence-electron chi connectivity index (χ4n) is 6.51. The Labute approximate surface area is 420 Å². The summed E-state index contributed by atoms with van der Waals surface area (Å²) in [5.74, 6) is -10.1. The number of guanidine groups is 4. The van der Waals surface area contributed by atoms with Gasteiger partial charge in [-0.1, -0.05) is 21.6 Å². The van der Waals surface area contributed by atoms with Crippen molar-refractivity contribution in [1.82, 2.24) is 21.3 Å². The van der Waals surface area contributed by atoms with Gasteiger partial charge < -0.3 is 83.7 Å². The highest BCUT2D eigenvalue weighted by molar-refractivity contribution is 8.76. The number of nitrogens with two attached hydrogens (primary N) is 10. The van der Waals surface area contributed by atoms with E-state index in [1.54, 1.807) is 0 Å². The molecule has 402 valence electrons. The van der Waals surface area contributed by atoms with Crippen molar-refractivity contribution < 1.29 is 48.3 Å². The number of carboxylic acids is 1. The maximum atomic E-state index is 14.3. The lowest BCUT2D eigenvalue weighted by molar-refractivity contribution is -0.138. The molecule has 0 aliphatic rings. The molecule has 28 nitrogen and oxygen atoms in total. The highest BCUT2D eigenvalue weighted by atomic mass is 33.1. The SMILES string of the molecule is CC(=O)N[C@H](CSSC[C@H](N)C(=O)O)C(=O)N[C@H](C)C(=O)C[C@H](CCCN=C(N)N)C(=O)N[C@H](CCCN=C(N)N)C(=O)C[C@H](CCCN=C(N)N)C(=O)N[C@H](C)C(=O)C[C@H](CCCN=C(N)N)C(N)=O.